The predicted molar refractivity (Wildman–Crippen MR) is 109 cm³/mol. The smallest absolute Gasteiger partial charge is 0.258 e. The Balaban J connectivity index is 1.66. The summed E-state index contributed by atoms with van der Waals surface area (Å²) in [6.07, 6.45) is 4.77. The Morgan fingerprint density at radius 2 is 2.00 bits per heavy atom. The van der Waals surface area contributed by atoms with Crippen LogP contribution in [0.1, 0.15) is 41.6 Å². The van der Waals surface area contributed by atoms with Crippen molar-refractivity contribution in [2.45, 2.75) is 43.5 Å². The van der Waals surface area contributed by atoms with Crippen LogP contribution in [-0.4, -0.2) is 54.7 Å². The molecular formula is C20H28N4O4S. The lowest BCUT2D eigenvalue weighted by atomic mass is 10.0. The lowest BCUT2D eigenvalue weighted by Gasteiger charge is -2.34. The second-order valence-electron chi connectivity index (χ2n) is 7.35. The highest BCUT2D eigenvalue weighted by molar-refractivity contribution is 7.89. The van der Waals surface area contributed by atoms with Gasteiger partial charge < -0.3 is 10.1 Å². The van der Waals surface area contributed by atoms with Gasteiger partial charge in [0.2, 0.25) is 15.9 Å². The number of ether oxygens (including phenoxy) is 1. The summed E-state index contributed by atoms with van der Waals surface area (Å²) >= 11 is 0. The van der Waals surface area contributed by atoms with Crippen LogP contribution in [0.25, 0.3) is 0 Å². The third-order valence-electron chi connectivity index (χ3n) is 5.20. The van der Waals surface area contributed by atoms with Gasteiger partial charge in [-0.2, -0.15) is 4.31 Å². The number of nitrogens with one attached hydrogen (secondary N) is 1. The topological polar surface area (TPSA) is 93.5 Å². The van der Waals surface area contributed by atoms with Crippen LogP contribution in [0.15, 0.2) is 35.4 Å². The van der Waals surface area contributed by atoms with Crippen molar-refractivity contribution < 1.29 is 17.9 Å². The van der Waals surface area contributed by atoms with Gasteiger partial charge in [-0.15, -0.1) is 5.10 Å². The molecule has 1 saturated heterocycles. The molecule has 0 radical (unpaired) electrons. The summed E-state index contributed by atoms with van der Waals surface area (Å²) in [4.78, 5) is 12.8. The molecule has 0 bridgehead atoms. The van der Waals surface area contributed by atoms with Crippen LogP contribution in [0.2, 0.25) is 0 Å². The molecule has 29 heavy (non-hydrogen) atoms. The van der Waals surface area contributed by atoms with Gasteiger partial charge in [0.1, 0.15) is 5.56 Å². The first-order chi connectivity index (χ1) is 13.8. The Kier molecular flexibility index (Phi) is 6.59. The number of piperidine rings is 1. The number of carbonyl (C=O) groups is 1. The monoisotopic (exact) mass is 420 g/mol. The van der Waals surface area contributed by atoms with E-state index in [2.05, 4.69) is 10.4 Å². The van der Waals surface area contributed by atoms with E-state index in [-0.39, 0.29) is 17.8 Å². The molecule has 3 rings (SSSR count). The lowest BCUT2D eigenvalue weighted by Crippen LogP contribution is -2.45. The summed E-state index contributed by atoms with van der Waals surface area (Å²) < 4.78 is 34.5. The van der Waals surface area contributed by atoms with Gasteiger partial charge in [0.25, 0.3) is 5.91 Å². The van der Waals surface area contributed by atoms with E-state index in [0.29, 0.717) is 30.0 Å². The number of aryl methyl sites for hydroxylation is 2. The maximum atomic E-state index is 13.1. The molecule has 8 nitrogen and oxygen atoms in total. The molecular weight excluding hydrogens is 392 g/mol. The zero-order valence-corrected chi connectivity index (χ0v) is 17.9. The maximum Gasteiger partial charge on any atom is 0.258 e. The molecule has 1 aliphatic heterocycles. The second kappa shape index (κ2) is 8.96. The zero-order valence-electron chi connectivity index (χ0n) is 17.1. The summed E-state index contributed by atoms with van der Waals surface area (Å²) in [5, 5.41) is 6.94. The highest BCUT2D eigenvalue weighted by Gasteiger charge is 2.33. The SMILES string of the molecule is COc1nn(C)cc1C(=O)NCCC1CCCCN1S(=O)(=O)c1ccc(C)cc1. The molecule has 1 amide bonds. The summed E-state index contributed by atoms with van der Waals surface area (Å²) in [5.41, 5.74) is 1.38. The standard InChI is InChI=1S/C20H28N4O4S/c1-15-7-9-17(10-8-15)29(26,27)24-13-5-4-6-16(24)11-12-21-19(25)18-14-23(2)22-20(18)28-3/h7-10,14,16H,4-6,11-13H2,1-3H3,(H,21,25). The Morgan fingerprint density at radius 1 is 1.28 bits per heavy atom. The minimum atomic E-state index is -3.55. The molecule has 1 fully saturated rings. The molecule has 158 valence electrons. The van der Waals surface area contributed by atoms with Crippen LogP contribution in [0.4, 0.5) is 0 Å². The molecule has 1 aromatic carbocycles. The van der Waals surface area contributed by atoms with Gasteiger partial charge in [0, 0.05) is 32.4 Å². The van der Waals surface area contributed by atoms with Crippen molar-refractivity contribution >= 4 is 15.9 Å². The van der Waals surface area contributed by atoms with Crippen molar-refractivity contribution in [1.29, 1.82) is 0 Å². The highest BCUT2D eigenvalue weighted by Crippen LogP contribution is 2.27. The van der Waals surface area contributed by atoms with E-state index in [1.54, 1.807) is 29.7 Å². The number of benzene rings is 1. The molecule has 1 atom stereocenters. The van der Waals surface area contributed by atoms with Crippen molar-refractivity contribution in [2.75, 3.05) is 20.2 Å². The summed E-state index contributed by atoms with van der Waals surface area (Å²) in [5.74, 6) is -0.00931. The highest BCUT2D eigenvalue weighted by atomic mass is 32.2. The molecule has 2 heterocycles. The van der Waals surface area contributed by atoms with E-state index in [4.69, 9.17) is 4.74 Å². The molecule has 0 aliphatic carbocycles. The van der Waals surface area contributed by atoms with E-state index in [1.807, 2.05) is 19.1 Å². The molecule has 9 heteroatoms. The first-order valence-electron chi connectivity index (χ1n) is 9.77. The minimum Gasteiger partial charge on any atom is -0.479 e. The average molecular weight is 421 g/mol. The number of amides is 1. The molecule has 1 aromatic heterocycles. The average Bonchev–Trinajstić information content (AvgIpc) is 3.09. The Hall–Kier alpha value is -2.39. The third kappa shape index (κ3) is 4.79. The zero-order chi connectivity index (χ0) is 21.0. The minimum absolute atomic E-state index is 0.133. The van der Waals surface area contributed by atoms with Crippen molar-refractivity contribution in [3.05, 3.63) is 41.6 Å². The Labute approximate surface area is 171 Å². The van der Waals surface area contributed by atoms with Gasteiger partial charge in [-0.25, -0.2) is 8.42 Å². The maximum absolute atomic E-state index is 13.1. The fraction of sp³-hybridized carbons (Fsp3) is 0.500. The fourth-order valence-corrected chi connectivity index (χ4v) is 5.37. The van der Waals surface area contributed by atoms with E-state index in [9.17, 15) is 13.2 Å². The number of carbonyl (C=O) groups excluding carboxylic acids is 1. The van der Waals surface area contributed by atoms with Gasteiger partial charge in [0.15, 0.2) is 0 Å². The molecule has 1 unspecified atom stereocenters. The Bertz CT molecular complexity index is 953. The number of nitrogens with zero attached hydrogens (tertiary/aromatic N) is 3. The van der Waals surface area contributed by atoms with Gasteiger partial charge in [-0.05, 0) is 38.3 Å². The third-order valence-corrected chi connectivity index (χ3v) is 7.16. The second-order valence-corrected chi connectivity index (χ2v) is 9.24. The number of rotatable bonds is 7. The molecule has 1 N–H and O–H groups in total. The van der Waals surface area contributed by atoms with Crippen LogP contribution < -0.4 is 10.1 Å². The van der Waals surface area contributed by atoms with Crippen LogP contribution in [0, 0.1) is 6.92 Å². The number of hydrogen-bond acceptors (Lipinski definition) is 5. The van der Waals surface area contributed by atoms with E-state index in [1.165, 1.54) is 11.8 Å². The Morgan fingerprint density at radius 3 is 2.69 bits per heavy atom. The molecule has 1 aliphatic rings. The van der Waals surface area contributed by atoms with E-state index >= 15 is 0 Å². The molecule has 0 saturated carbocycles. The van der Waals surface area contributed by atoms with Crippen molar-refractivity contribution in [1.82, 2.24) is 19.4 Å². The van der Waals surface area contributed by atoms with Gasteiger partial charge >= 0.3 is 0 Å². The van der Waals surface area contributed by atoms with E-state index in [0.717, 1.165) is 24.8 Å². The van der Waals surface area contributed by atoms with Crippen LogP contribution in [0.5, 0.6) is 5.88 Å². The van der Waals surface area contributed by atoms with Gasteiger partial charge in [-0.3, -0.25) is 9.48 Å². The van der Waals surface area contributed by atoms with Gasteiger partial charge in [-0.1, -0.05) is 24.1 Å². The number of methoxy groups -OCH3 is 1. The summed E-state index contributed by atoms with van der Waals surface area (Å²) in [7, 11) is -0.366. The van der Waals surface area contributed by atoms with Crippen molar-refractivity contribution in [3.63, 3.8) is 0 Å². The van der Waals surface area contributed by atoms with Crippen molar-refractivity contribution in [2.24, 2.45) is 7.05 Å². The van der Waals surface area contributed by atoms with Crippen molar-refractivity contribution in [3.8, 4) is 5.88 Å². The fourth-order valence-electron chi connectivity index (χ4n) is 3.65. The molecule has 2 aromatic rings. The summed E-state index contributed by atoms with van der Waals surface area (Å²) in [6.45, 7) is 2.81. The van der Waals surface area contributed by atoms with Crippen LogP contribution in [-0.2, 0) is 17.1 Å². The van der Waals surface area contributed by atoms with Gasteiger partial charge in [0.05, 0.1) is 12.0 Å². The summed E-state index contributed by atoms with van der Waals surface area (Å²) in [6, 6.07) is 6.81. The van der Waals surface area contributed by atoms with Crippen LogP contribution >= 0.6 is 0 Å². The largest absolute Gasteiger partial charge is 0.479 e. The van der Waals surface area contributed by atoms with Crippen LogP contribution in [0.3, 0.4) is 0 Å². The van der Waals surface area contributed by atoms with E-state index < -0.39 is 10.0 Å². The number of aromatic nitrogens is 2. The number of sulfonamides is 1. The number of hydrogen-bond donors (Lipinski definition) is 1. The first kappa shape index (κ1) is 21.3. The normalized spacial score (nSPS) is 17.8. The quantitative estimate of drug-likeness (QED) is 0.740. The molecule has 0 spiro atoms. The first-order valence-corrected chi connectivity index (χ1v) is 11.2. The lowest BCUT2D eigenvalue weighted by molar-refractivity contribution is 0.0946. The predicted octanol–water partition coefficient (Wildman–Crippen LogP) is 2.10.